The number of esters is 1. The number of pyridine rings is 1. The van der Waals surface area contributed by atoms with E-state index >= 15 is 0 Å². The van der Waals surface area contributed by atoms with Crippen molar-refractivity contribution in [2.24, 2.45) is 22.7 Å². The molecule has 4 heterocycles. The lowest BCUT2D eigenvalue weighted by molar-refractivity contribution is -0.172. The summed E-state index contributed by atoms with van der Waals surface area (Å²) in [5, 5.41) is 11.1. The first-order valence-electron chi connectivity index (χ1n) is 12.9. The van der Waals surface area contributed by atoms with Crippen molar-refractivity contribution in [1.82, 2.24) is 4.57 Å². The predicted molar refractivity (Wildman–Crippen MR) is 134 cm³/mol. The monoisotopic (exact) mass is 484 g/mol. The average molecular weight is 485 g/mol. The van der Waals surface area contributed by atoms with E-state index in [9.17, 15) is 19.1 Å². The van der Waals surface area contributed by atoms with Gasteiger partial charge in [0.2, 0.25) is 0 Å². The summed E-state index contributed by atoms with van der Waals surface area (Å²) in [6.07, 6.45) is 6.50. The highest BCUT2D eigenvalue weighted by Crippen LogP contribution is 2.42. The van der Waals surface area contributed by atoms with E-state index in [1.165, 1.54) is 13.0 Å². The largest absolute Gasteiger partial charge is 0.458 e. The summed E-state index contributed by atoms with van der Waals surface area (Å²) >= 11 is 0. The fraction of sp³-hybridized carbons (Fsp3) is 0.607. The molecule has 3 aliphatic heterocycles. The van der Waals surface area contributed by atoms with Crippen LogP contribution in [0.5, 0.6) is 0 Å². The lowest BCUT2D eigenvalue weighted by Gasteiger charge is -2.32. The molecule has 0 radical (unpaired) electrons. The Bertz CT molecular complexity index is 1170. The number of fused-ring (bicyclic) bond motifs is 3. The number of carbonyl (C=O) groups excluding carboxylic acids is 1. The van der Waals surface area contributed by atoms with Gasteiger partial charge in [-0.3, -0.25) is 9.79 Å². The number of halogens is 1. The van der Waals surface area contributed by atoms with Gasteiger partial charge in [-0.15, -0.1) is 0 Å². The first-order chi connectivity index (χ1) is 16.6. The van der Waals surface area contributed by atoms with Crippen LogP contribution in [0.25, 0.3) is 5.70 Å². The van der Waals surface area contributed by atoms with Crippen LogP contribution in [-0.2, 0) is 28.3 Å². The van der Waals surface area contributed by atoms with Crippen molar-refractivity contribution in [3.05, 3.63) is 50.7 Å². The van der Waals surface area contributed by atoms with Crippen LogP contribution in [0, 0.1) is 17.8 Å². The normalized spacial score (nSPS) is 27.3. The molecular formula is C28H37FN2O4. The highest BCUT2D eigenvalue weighted by Gasteiger charge is 2.45. The van der Waals surface area contributed by atoms with Gasteiger partial charge in [-0.25, -0.2) is 9.18 Å². The minimum atomic E-state index is -1.86. The number of hydrogen-bond donors (Lipinski definition) is 1. The molecule has 3 aliphatic rings. The first-order valence-corrected chi connectivity index (χ1v) is 12.9. The molecule has 6 nitrogen and oxygen atoms in total. The lowest BCUT2D eigenvalue weighted by atomic mass is 9.74. The minimum Gasteiger partial charge on any atom is -0.458 e. The van der Waals surface area contributed by atoms with Crippen LogP contribution in [0.2, 0.25) is 0 Å². The predicted octanol–water partition coefficient (Wildman–Crippen LogP) is 5.41. The lowest BCUT2D eigenvalue weighted by Crippen LogP contribution is -2.44. The Morgan fingerprint density at radius 3 is 2.77 bits per heavy atom. The molecule has 0 bridgehead atoms. The fourth-order valence-electron chi connectivity index (χ4n) is 5.99. The van der Waals surface area contributed by atoms with Crippen molar-refractivity contribution in [3.8, 4) is 0 Å². The van der Waals surface area contributed by atoms with E-state index in [4.69, 9.17) is 9.73 Å². The Kier molecular flexibility index (Phi) is 7.18. The number of aliphatic imine (C=N–C) groups is 1. The number of rotatable bonds is 6. The zero-order valence-electron chi connectivity index (χ0n) is 21.5. The molecule has 0 aliphatic carbocycles. The van der Waals surface area contributed by atoms with Crippen LogP contribution in [-0.4, -0.2) is 21.4 Å². The van der Waals surface area contributed by atoms with Gasteiger partial charge >= 0.3 is 5.97 Å². The molecule has 190 valence electrons. The molecule has 1 N–H and O–H groups in total. The van der Waals surface area contributed by atoms with Gasteiger partial charge in [0.1, 0.15) is 6.61 Å². The SMILES string of the molecule is CCCCC(C)[C@H]1CC(/C=C(\C)F)=NC2=C(C[C@@H]1C)Cn1c2cc2c(c1=O)COC(=O)C2(O)CC. The number of aliphatic hydroxyl groups is 1. The number of allylic oxidation sites excluding steroid dienone is 3. The average Bonchev–Trinajstić information content (AvgIpc) is 3.13. The molecule has 35 heavy (non-hydrogen) atoms. The molecule has 1 aromatic heterocycles. The van der Waals surface area contributed by atoms with Crippen molar-refractivity contribution in [2.45, 2.75) is 91.9 Å². The number of unbranched alkanes of at least 4 members (excludes halogenated alkanes) is 1. The van der Waals surface area contributed by atoms with Gasteiger partial charge in [-0.1, -0.05) is 47.0 Å². The summed E-state index contributed by atoms with van der Waals surface area (Å²) in [6.45, 7) is 10.1. The van der Waals surface area contributed by atoms with E-state index in [2.05, 4.69) is 20.8 Å². The number of cyclic esters (lactones) is 1. The van der Waals surface area contributed by atoms with Crippen molar-refractivity contribution < 1.29 is 19.0 Å². The Morgan fingerprint density at radius 2 is 2.11 bits per heavy atom. The van der Waals surface area contributed by atoms with E-state index in [0.29, 0.717) is 58.9 Å². The summed E-state index contributed by atoms with van der Waals surface area (Å²) in [4.78, 5) is 30.8. The van der Waals surface area contributed by atoms with Crippen LogP contribution in [0.3, 0.4) is 0 Å². The van der Waals surface area contributed by atoms with Crippen LogP contribution in [0.15, 0.2) is 33.3 Å². The van der Waals surface area contributed by atoms with Gasteiger partial charge < -0.3 is 14.4 Å². The fourth-order valence-corrected chi connectivity index (χ4v) is 5.99. The summed E-state index contributed by atoms with van der Waals surface area (Å²) in [5.41, 5.74) is 1.45. The minimum absolute atomic E-state index is 0.0975. The van der Waals surface area contributed by atoms with E-state index < -0.39 is 11.6 Å². The maximum Gasteiger partial charge on any atom is 0.343 e. The Morgan fingerprint density at radius 1 is 1.37 bits per heavy atom. The maximum absolute atomic E-state index is 14.1. The quantitative estimate of drug-likeness (QED) is 0.547. The van der Waals surface area contributed by atoms with Crippen LogP contribution in [0.1, 0.15) is 90.0 Å². The Balaban J connectivity index is 1.83. The van der Waals surface area contributed by atoms with Gasteiger partial charge in [0.15, 0.2) is 5.60 Å². The molecule has 4 atom stereocenters. The van der Waals surface area contributed by atoms with Crippen LogP contribution >= 0.6 is 0 Å². The molecule has 1 aromatic rings. The number of nitrogens with zero attached hydrogens (tertiary/aromatic N) is 2. The van der Waals surface area contributed by atoms with Crippen LogP contribution in [0.4, 0.5) is 4.39 Å². The van der Waals surface area contributed by atoms with E-state index in [-0.39, 0.29) is 24.4 Å². The molecule has 2 unspecified atom stereocenters. The molecule has 0 fully saturated rings. The van der Waals surface area contributed by atoms with E-state index in [1.807, 2.05) is 0 Å². The molecule has 0 aromatic carbocycles. The van der Waals surface area contributed by atoms with Gasteiger partial charge in [0.25, 0.3) is 5.56 Å². The maximum atomic E-state index is 14.1. The topological polar surface area (TPSA) is 80.9 Å². The van der Waals surface area contributed by atoms with Gasteiger partial charge in [-0.2, -0.15) is 0 Å². The smallest absolute Gasteiger partial charge is 0.343 e. The van der Waals surface area contributed by atoms with Crippen molar-refractivity contribution in [1.29, 1.82) is 0 Å². The highest BCUT2D eigenvalue weighted by molar-refractivity contribution is 5.99. The molecule has 0 spiro atoms. The second-order valence-corrected chi connectivity index (χ2v) is 10.6. The van der Waals surface area contributed by atoms with Crippen molar-refractivity contribution in [3.63, 3.8) is 0 Å². The number of ether oxygens (including phenoxy) is 1. The molecule has 4 rings (SSSR count). The van der Waals surface area contributed by atoms with Gasteiger partial charge in [-0.05, 0) is 61.7 Å². The molecule has 0 saturated carbocycles. The summed E-state index contributed by atoms with van der Waals surface area (Å²) < 4.78 is 20.9. The zero-order chi connectivity index (χ0) is 25.5. The Hall–Kier alpha value is -2.54. The van der Waals surface area contributed by atoms with Gasteiger partial charge in [0, 0.05) is 17.8 Å². The third-order valence-electron chi connectivity index (χ3n) is 8.08. The number of hydrogen-bond acceptors (Lipinski definition) is 5. The molecule has 7 heteroatoms. The number of carbonyl (C=O) groups is 1. The molecule has 0 amide bonds. The standard InChI is InChI=1S/C28H37FN2O4/c1-6-8-9-16(3)21-12-20(11-18(5)29)30-25-19(10-17(21)4)14-31-24(25)13-23-22(26(31)32)15-35-27(33)28(23,34)7-2/h11,13,16-17,21,34H,6-10,12,14-15H2,1-5H3/b18-11+,30-20?/t16?,17-,21+,28?/m0/s1. The van der Waals surface area contributed by atoms with Crippen LogP contribution < -0.4 is 5.56 Å². The summed E-state index contributed by atoms with van der Waals surface area (Å²) in [7, 11) is 0. The molecule has 0 saturated heterocycles. The Labute approximate surface area is 206 Å². The van der Waals surface area contributed by atoms with Crippen molar-refractivity contribution in [2.75, 3.05) is 0 Å². The summed E-state index contributed by atoms with van der Waals surface area (Å²) in [5.74, 6) is 0.132. The third kappa shape index (κ3) is 4.55. The van der Waals surface area contributed by atoms with E-state index in [1.54, 1.807) is 17.6 Å². The second kappa shape index (κ2) is 9.84. The van der Waals surface area contributed by atoms with Crippen molar-refractivity contribution >= 4 is 17.4 Å². The van der Waals surface area contributed by atoms with Gasteiger partial charge in [0.05, 0.1) is 22.8 Å². The van der Waals surface area contributed by atoms with E-state index in [0.717, 1.165) is 31.3 Å². The summed E-state index contributed by atoms with van der Waals surface area (Å²) in [6, 6.07) is 1.73. The number of aromatic nitrogens is 1. The third-order valence-corrected chi connectivity index (χ3v) is 8.08. The second-order valence-electron chi connectivity index (χ2n) is 10.6. The molecular weight excluding hydrogens is 447 g/mol. The zero-order valence-corrected chi connectivity index (χ0v) is 21.5. The highest BCUT2D eigenvalue weighted by atomic mass is 19.1. The first kappa shape index (κ1) is 25.5.